The van der Waals surface area contributed by atoms with Crippen LogP contribution in [0.2, 0.25) is 0 Å². The second-order valence-corrected chi connectivity index (χ2v) is 16.2. The average molecular weight is 996 g/mol. The highest BCUT2D eigenvalue weighted by Crippen LogP contribution is 2.25. The lowest BCUT2D eigenvalue weighted by molar-refractivity contribution is -0.137. The van der Waals surface area contributed by atoms with Gasteiger partial charge in [-0.05, 0) is 147 Å². The topological polar surface area (TPSA) is 91.2 Å². The fraction of sp³-hybridized carbons (Fsp3) is 0.359. The highest BCUT2D eigenvalue weighted by molar-refractivity contribution is 5.84. The van der Waals surface area contributed by atoms with Crippen molar-refractivity contribution in [2.45, 2.75) is 99.0 Å². The summed E-state index contributed by atoms with van der Waals surface area (Å²) < 4.78 is 25.8. The Kier molecular flexibility index (Phi) is 42.0. The average Bonchev–Trinajstić information content (AvgIpc) is 3.43. The molecule has 0 saturated carbocycles. The van der Waals surface area contributed by atoms with E-state index in [0.29, 0.717) is 13.2 Å². The molecule has 396 valence electrons. The molecular formula is C64H89N3O6. The van der Waals surface area contributed by atoms with Gasteiger partial charge in [-0.25, -0.2) is 4.79 Å². The van der Waals surface area contributed by atoms with Crippen LogP contribution in [0.3, 0.4) is 0 Å². The summed E-state index contributed by atoms with van der Waals surface area (Å²) in [7, 11) is 5.00. The first-order valence-electron chi connectivity index (χ1n) is 25.6. The van der Waals surface area contributed by atoms with E-state index in [2.05, 4.69) is 116 Å². The molecule has 73 heavy (non-hydrogen) atoms. The van der Waals surface area contributed by atoms with Crippen LogP contribution in [-0.2, 0) is 25.5 Å². The number of benzene rings is 5. The molecule has 5 aromatic rings. The Balaban J connectivity index is 0.00000120. The van der Waals surface area contributed by atoms with Gasteiger partial charge in [-0.2, -0.15) is 5.10 Å². The maximum Gasteiger partial charge on any atom is 0.330 e. The first-order valence-corrected chi connectivity index (χ1v) is 25.6. The SMILES string of the molecule is C=CC(=O)OCCCCCCOc1ccc(-c2ccc(C)c(/C=N/N(CCC)Cc3ccccc3)c2)cc1.C=CC=C.C=Cc1ccc(OCCCCCCOC)cc1.C=Nc1ccccc1C.CC.COC. The maximum atomic E-state index is 11.0. The van der Waals surface area contributed by atoms with E-state index in [-0.39, 0.29) is 5.97 Å². The van der Waals surface area contributed by atoms with Crippen molar-refractivity contribution in [2.24, 2.45) is 10.1 Å². The number of hydrazone groups is 1. The van der Waals surface area contributed by atoms with Crippen molar-refractivity contribution in [3.05, 3.63) is 194 Å². The lowest BCUT2D eigenvalue weighted by Gasteiger charge is -2.18. The number of unbranched alkanes of at least 4 members (excludes halogenated alkanes) is 6. The summed E-state index contributed by atoms with van der Waals surface area (Å²) in [5.41, 5.74) is 9.16. The van der Waals surface area contributed by atoms with E-state index < -0.39 is 0 Å². The number of carbonyl (C=O) groups excluding carboxylic acids is 1. The smallest absolute Gasteiger partial charge is 0.330 e. The van der Waals surface area contributed by atoms with Crippen LogP contribution in [0.5, 0.6) is 11.5 Å². The third-order valence-corrected chi connectivity index (χ3v) is 10.3. The largest absolute Gasteiger partial charge is 0.494 e. The quantitative estimate of drug-likeness (QED) is 0.0129. The number of aryl methyl sites for hydroxylation is 2. The normalized spacial score (nSPS) is 9.75. The van der Waals surface area contributed by atoms with Crippen LogP contribution in [-0.4, -0.2) is 78.2 Å². The molecule has 0 radical (unpaired) electrons. The van der Waals surface area contributed by atoms with Gasteiger partial charge in [0.05, 0.1) is 38.3 Å². The minimum absolute atomic E-state index is 0.357. The van der Waals surface area contributed by atoms with Gasteiger partial charge in [0, 0.05) is 40.6 Å². The number of nitrogens with zero attached hydrogens (tertiary/aromatic N) is 3. The van der Waals surface area contributed by atoms with Crippen molar-refractivity contribution >= 4 is 30.7 Å². The van der Waals surface area contributed by atoms with Crippen molar-refractivity contribution in [3.63, 3.8) is 0 Å². The molecule has 0 aromatic heterocycles. The number of aliphatic imine (C=N–C) groups is 1. The van der Waals surface area contributed by atoms with Gasteiger partial charge in [0.15, 0.2) is 0 Å². The Morgan fingerprint density at radius 2 is 1.14 bits per heavy atom. The molecule has 9 nitrogen and oxygen atoms in total. The number of esters is 1. The Labute approximate surface area is 442 Å². The van der Waals surface area contributed by atoms with Gasteiger partial charge in [0.1, 0.15) is 11.5 Å². The van der Waals surface area contributed by atoms with Crippen molar-refractivity contribution in [1.29, 1.82) is 0 Å². The van der Waals surface area contributed by atoms with Crippen molar-refractivity contribution in [2.75, 3.05) is 54.3 Å². The summed E-state index contributed by atoms with van der Waals surface area (Å²) in [6.07, 6.45) is 17.9. The standard InChI is InChI=1S/C33H40N2O3.C15H22O2.C8H9N.C4H6.C2H6O.C2H6/c1-4-21-35(26-28-13-9-8-10-14-28)34-25-31-24-30(16-15-27(31)3)29-17-19-32(20-18-29)37-22-11-6-7-12-23-38-33(36)5-2;1-3-14-8-10-15(11-9-14)17-13-7-5-4-6-12-16-2;1-7-5-3-4-6-8(7)9-2;1-3-4-2;1-3-2;1-2/h5,8-10,13-20,24-25H,2,4,6-7,11-12,21-23,26H2,1,3H3;3,8-11H,1,4-7,12-13H2,2H3;3-6H,2H2,1H3;3-4H,1-2H2;1-2H3;1-2H3/b34-25+;;;;;. The van der Waals surface area contributed by atoms with E-state index in [9.17, 15) is 4.79 Å². The maximum absolute atomic E-state index is 11.0. The molecule has 0 aliphatic heterocycles. The highest BCUT2D eigenvalue weighted by Gasteiger charge is 2.06. The van der Waals surface area contributed by atoms with Crippen LogP contribution in [0.4, 0.5) is 5.69 Å². The third kappa shape index (κ3) is 33.5. The molecule has 5 aromatic carbocycles. The second kappa shape index (κ2) is 46.3. The summed E-state index contributed by atoms with van der Waals surface area (Å²) in [6.45, 7) is 32.1. The van der Waals surface area contributed by atoms with E-state index in [1.165, 1.54) is 35.6 Å². The number of hydrogen-bond acceptors (Lipinski definition) is 9. The molecule has 0 aliphatic rings. The summed E-state index contributed by atoms with van der Waals surface area (Å²) in [5, 5.41) is 6.96. The molecule has 0 bridgehead atoms. The first kappa shape index (κ1) is 66.2. The molecule has 0 unspecified atom stereocenters. The van der Waals surface area contributed by atoms with Crippen LogP contribution in [0.15, 0.2) is 176 Å². The Bertz CT molecular complexity index is 2200. The molecule has 9 heteroatoms. The summed E-state index contributed by atoms with van der Waals surface area (Å²) in [4.78, 5) is 14.8. The molecule has 0 saturated heterocycles. The van der Waals surface area contributed by atoms with Crippen molar-refractivity contribution < 1.29 is 28.5 Å². The highest BCUT2D eigenvalue weighted by atomic mass is 16.5. The zero-order chi connectivity index (χ0) is 54.2. The van der Waals surface area contributed by atoms with Crippen LogP contribution in [0, 0.1) is 13.8 Å². The Hall–Kier alpha value is -6.81. The van der Waals surface area contributed by atoms with Crippen molar-refractivity contribution in [1.82, 2.24) is 5.01 Å². The molecular weight excluding hydrogens is 907 g/mol. The monoisotopic (exact) mass is 996 g/mol. The summed E-state index contributed by atoms with van der Waals surface area (Å²) in [5.74, 6) is 1.45. The van der Waals surface area contributed by atoms with E-state index in [1.54, 1.807) is 33.5 Å². The van der Waals surface area contributed by atoms with E-state index >= 15 is 0 Å². The zero-order valence-electron chi connectivity index (χ0n) is 45.9. The third-order valence-electron chi connectivity index (χ3n) is 10.3. The van der Waals surface area contributed by atoms with E-state index in [4.69, 9.17) is 24.0 Å². The fourth-order valence-corrected chi connectivity index (χ4v) is 6.39. The predicted octanol–water partition coefficient (Wildman–Crippen LogP) is 16.5. The fourth-order valence-electron chi connectivity index (χ4n) is 6.39. The predicted molar refractivity (Wildman–Crippen MR) is 314 cm³/mol. The van der Waals surface area contributed by atoms with Gasteiger partial charge in [0.25, 0.3) is 0 Å². The van der Waals surface area contributed by atoms with Crippen LogP contribution >= 0.6 is 0 Å². The molecule has 0 spiro atoms. The van der Waals surface area contributed by atoms with Gasteiger partial charge in [-0.15, -0.1) is 0 Å². The van der Waals surface area contributed by atoms with Crippen LogP contribution < -0.4 is 9.47 Å². The van der Waals surface area contributed by atoms with Crippen LogP contribution in [0.25, 0.3) is 17.2 Å². The van der Waals surface area contributed by atoms with Gasteiger partial charge in [-0.1, -0.05) is 157 Å². The number of rotatable bonds is 27. The van der Waals surface area contributed by atoms with E-state index in [0.717, 1.165) is 111 Å². The summed E-state index contributed by atoms with van der Waals surface area (Å²) >= 11 is 0. The van der Waals surface area contributed by atoms with E-state index in [1.807, 2.05) is 99.8 Å². The van der Waals surface area contributed by atoms with Crippen molar-refractivity contribution in [3.8, 4) is 22.6 Å². The molecule has 0 atom stereocenters. The number of ether oxygens (including phenoxy) is 5. The Morgan fingerprint density at radius 3 is 1.63 bits per heavy atom. The molecule has 0 fully saturated rings. The van der Waals surface area contributed by atoms with Crippen LogP contribution in [0.1, 0.15) is 106 Å². The minimum atomic E-state index is -0.357. The molecule has 0 aliphatic carbocycles. The van der Waals surface area contributed by atoms with Gasteiger partial charge < -0.3 is 23.7 Å². The molecule has 0 heterocycles. The first-order chi connectivity index (χ1) is 35.6. The minimum Gasteiger partial charge on any atom is -0.494 e. The van der Waals surface area contributed by atoms with Gasteiger partial charge in [0.2, 0.25) is 0 Å². The zero-order valence-corrected chi connectivity index (χ0v) is 45.9. The molecule has 5 rings (SSSR count). The lowest BCUT2D eigenvalue weighted by atomic mass is 10.0. The number of para-hydroxylation sites is 1. The Morgan fingerprint density at radius 1 is 0.616 bits per heavy atom. The number of hydrogen-bond donors (Lipinski definition) is 0. The molecule has 0 N–H and O–H groups in total. The summed E-state index contributed by atoms with van der Waals surface area (Å²) in [6, 6.07) is 41.2. The number of methoxy groups -OCH3 is 2. The number of carbonyl (C=O) groups is 1. The van der Waals surface area contributed by atoms with Gasteiger partial charge >= 0.3 is 5.97 Å². The molecule has 0 amide bonds. The second-order valence-electron chi connectivity index (χ2n) is 16.2. The number of allylic oxidation sites excluding steroid dienone is 2. The lowest BCUT2D eigenvalue weighted by Crippen LogP contribution is -2.18. The van der Waals surface area contributed by atoms with Gasteiger partial charge in [-0.3, -0.25) is 10.0 Å².